The number of nitrogens with zero attached hydrogens (tertiary/aromatic N) is 2. The molecule has 2 rings (SSSR count). The lowest BCUT2D eigenvalue weighted by molar-refractivity contribution is 0.0951. The Kier molecular flexibility index (Phi) is 5.31. The maximum Gasteiger partial charge on any atom is 0.255 e. The molecule has 0 spiro atoms. The molecule has 0 aliphatic rings. The molecule has 0 bridgehead atoms. The molecule has 0 fully saturated rings. The van der Waals surface area contributed by atoms with E-state index >= 15 is 0 Å². The summed E-state index contributed by atoms with van der Waals surface area (Å²) >= 11 is 0. The van der Waals surface area contributed by atoms with Crippen LogP contribution in [0.2, 0.25) is 0 Å². The van der Waals surface area contributed by atoms with Crippen molar-refractivity contribution in [2.45, 2.75) is 40.0 Å². The van der Waals surface area contributed by atoms with Crippen molar-refractivity contribution in [3.8, 4) is 5.69 Å². The average Bonchev–Trinajstić information content (AvgIpc) is 2.79. The summed E-state index contributed by atoms with van der Waals surface area (Å²) in [4.78, 5) is 12.3. The summed E-state index contributed by atoms with van der Waals surface area (Å²) in [6.45, 7) is 6.47. The number of nitrogens with one attached hydrogen (secondary N) is 1. The molecule has 2 aromatic rings. The van der Waals surface area contributed by atoms with Crippen LogP contribution in [0.25, 0.3) is 5.69 Å². The van der Waals surface area contributed by atoms with Gasteiger partial charge in [0.1, 0.15) is 5.82 Å². The fourth-order valence-electron chi connectivity index (χ4n) is 2.47. The number of carbonyl (C=O) groups is 1. The summed E-state index contributed by atoms with van der Waals surface area (Å²) in [5, 5.41) is 7.35. The molecule has 1 aromatic heterocycles. The van der Waals surface area contributed by atoms with E-state index in [1.807, 2.05) is 13.8 Å². The van der Waals surface area contributed by atoms with E-state index in [9.17, 15) is 9.18 Å². The molecular formula is C17H22FN3O. The van der Waals surface area contributed by atoms with Gasteiger partial charge in [0.05, 0.1) is 22.6 Å². The number of hydrogen-bond acceptors (Lipinski definition) is 2. The van der Waals surface area contributed by atoms with E-state index in [1.54, 1.807) is 16.8 Å². The Bertz CT molecular complexity index is 647. The molecular weight excluding hydrogens is 281 g/mol. The van der Waals surface area contributed by atoms with Gasteiger partial charge in [-0.1, -0.05) is 19.8 Å². The highest BCUT2D eigenvalue weighted by Crippen LogP contribution is 2.18. The lowest BCUT2D eigenvalue weighted by Crippen LogP contribution is -2.25. The molecule has 0 aliphatic heterocycles. The first-order valence-electron chi connectivity index (χ1n) is 7.65. The molecule has 1 aromatic carbocycles. The number of aromatic nitrogens is 2. The van der Waals surface area contributed by atoms with Crippen LogP contribution in [-0.2, 0) is 0 Å². The van der Waals surface area contributed by atoms with Crippen molar-refractivity contribution in [2.75, 3.05) is 6.54 Å². The van der Waals surface area contributed by atoms with Gasteiger partial charge in [-0.25, -0.2) is 9.07 Å². The van der Waals surface area contributed by atoms with Gasteiger partial charge in [-0.15, -0.1) is 0 Å². The SMILES string of the molecule is CCCCCNC(=O)c1c(C)nn(-c2ccc(F)cc2)c1C. The summed E-state index contributed by atoms with van der Waals surface area (Å²) in [6, 6.07) is 6.07. The molecule has 22 heavy (non-hydrogen) atoms. The first-order valence-corrected chi connectivity index (χ1v) is 7.65. The van der Waals surface area contributed by atoms with Crippen molar-refractivity contribution in [2.24, 2.45) is 0 Å². The summed E-state index contributed by atoms with van der Waals surface area (Å²) in [5.74, 6) is -0.390. The standard InChI is InChI=1S/C17H22FN3O/c1-4-5-6-11-19-17(22)16-12(2)20-21(13(16)3)15-9-7-14(18)8-10-15/h7-10H,4-6,11H2,1-3H3,(H,19,22). The largest absolute Gasteiger partial charge is 0.352 e. The van der Waals surface area contributed by atoms with Gasteiger partial charge in [-0.05, 0) is 44.5 Å². The average molecular weight is 303 g/mol. The van der Waals surface area contributed by atoms with Crippen molar-refractivity contribution in [3.05, 3.63) is 47.0 Å². The van der Waals surface area contributed by atoms with Crippen LogP contribution in [0, 0.1) is 19.7 Å². The van der Waals surface area contributed by atoms with Crippen LogP contribution >= 0.6 is 0 Å². The number of carbonyl (C=O) groups excluding carboxylic acids is 1. The number of rotatable bonds is 6. The van der Waals surface area contributed by atoms with E-state index in [2.05, 4.69) is 17.3 Å². The molecule has 0 saturated carbocycles. The van der Waals surface area contributed by atoms with Crippen molar-refractivity contribution >= 4 is 5.91 Å². The van der Waals surface area contributed by atoms with E-state index in [0.717, 1.165) is 30.6 Å². The second-order valence-corrected chi connectivity index (χ2v) is 5.40. The van der Waals surface area contributed by atoms with Crippen molar-refractivity contribution < 1.29 is 9.18 Å². The van der Waals surface area contributed by atoms with Gasteiger partial charge < -0.3 is 5.32 Å². The van der Waals surface area contributed by atoms with E-state index in [4.69, 9.17) is 0 Å². The second kappa shape index (κ2) is 7.20. The minimum Gasteiger partial charge on any atom is -0.352 e. The Morgan fingerprint density at radius 1 is 1.23 bits per heavy atom. The van der Waals surface area contributed by atoms with Crippen LogP contribution < -0.4 is 5.32 Å². The molecule has 1 heterocycles. The number of halogens is 1. The minimum atomic E-state index is -0.292. The highest BCUT2D eigenvalue weighted by atomic mass is 19.1. The smallest absolute Gasteiger partial charge is 0.255 e. The number of unbranched alkanes of at least 4 members (excludes halogenated alkanes) is 2. The van der Waals surface area contributed by atoms with Gasteiger partial charge >= 0.3 is 0 Å². The predicted molar refractivity (Wildman–Crippen MR) is 84.9 cm³/mol. The summed E-state index contributed by atoms with van der Waals surface area (Å²) in [6.07, 6.45) is 3.20. The van der Waals surface area contributed by atoms with Crippen LogP contribution in [0.1, 0.15) is 47.9 Å². The maximum absolute atomic E-state index is 13.0. The molecule has 5 heteroatoms. The van der Waals surface area contributed by atoms with E-state index in [0.29, 0.717) is 17.8 Å². The zero-order valence-electron chi connectivity index (χ0n) is 13.3. The number of benzene rings is 1. The van der Waals surface area contributed by atoms with Gasteiger partial charge in [0, 0.05) is 6.54 Å². The Morgan fingerprint density at radius 3 is 2.55 bits per heavy atom. The van der Waals surface area contributed by atoms with Crippen LogP contribution in [0.5, 0.6) is 0 Å². The van der Waals surface area contributed by atoms with Crippen LogP contribution in [0.15, 0.2) is 24.3 Å². The number of hydrogen-bond donors (Lipinski definition) is 1. The fourth-order valence-corrected chi connectivity index (χ4v) is 2.47. The van der Waals surface area contributed by atoms with Gasteiger partial charge in [0.2, 0.25) is 0 Å². The van der Waals surface area contributed by atoms with Gasteiger partial charge in [0.25, 0.3) is 5.91 Å². The van der Waals surface area contributed by atoms with E-state index < -0.39 is 0 Å². The Hall–Kier alpha value is -2.17. The van der Waals surface area contributed by atoms with Crippen LogP contribution in [0.3, 0.4) is 0 Å². The molecule has 1 N–H and O–H groups in total. The summed E-state index contributed by atoms with van der Waals surface area (Å²) in [7, 11) is 0. The third-order valence-corrected chi connectivity index (χ3v) is 3.66. The molecule has 0 unspecified atom stereocenters. The molecule has 1 amide bonds. The lowest BCUT2D eigenvalue weighted by atomic mass is 10.1. The maximum atomic E-state index is 13.0. The highest BCUT2D eigenvalue weighted by molar-refractivity contribution is 5.96. The van der Waals surface area contributed by atoms with Gasteiger partial charge in [0.15, 0.2) is 0 Å². The van der Waals surface area contributed by atoms with Crippen LogP contribution in [0.4, 0.5) is 4.39 Å². The Balaban J connectivity index is 2.20. The van der Waals surface area contributed by atoms with Crippen molar-refractivity contribution in [1.82, 2.24) is 15.1 Å². The molecule has 0 radical (unpaired) electrons. The topological polar surface area (TPSA) is 46.9 Å². The number of amides is 1. The molecule has 0 aliphatic carbocycles. The van der Waals surface area contributed by atoms with Crippen molar-refractivity contribution in [1.29, 1.82) is 0 Å². The summed E-state index contributed by atoms with van der Waals surface area (Å²) < 4.78 is 14.7. The van der Waals surface area contributed by atoms with E-state index in [1.165, 1.54) is 12.1 Å². The van der Waals surface area contributed by atoms with Gasteiger partial charge in [-0.2, -0.15) is 5.10 Å². The fraction of sp³-hybridized carbons (Fsp3) is 0.412. The normalized spacial score (nSPS) is 10.7. The second-order valence-electron chi connectivity index (χ2n) is 5.40. The molecule has 0 atom stereocenters. The zero-order valence-corrected chi connectivity index (χ0v) is 13.3. The Labute approximate surface area is 130 Å². The third kappa shape index (κ3) is 3.53. The predicted octanol–water partition coefficient (Wildman–Crippen LogP) is 3.55. The Morgan fingerprint density at radius 2 is 1.91 bits per heavy atom. The molecule has 4 nitrogen and oxygen atoms in total. The molecule has 0 saturated heterocycles. The minimum absolute atomic E-state index is 0.0977. The third-order valence-electron chi connectivity index (χ3n) is 3.66. The molecule has 118 valence electrons. The van der Waals surface area contributed by atoms with Crippen molar-refractivity contribution in [3.63, 3.8) is 0 Å². The zero-order chi connectivity index (χ0) is 16.1. The number of aryl methyl sites for hydroxylation is 1. The monoisotopic (exact) mass is 303 g/mol. The first-order chi connectivity index (χ1) is 10.5. The lowest BCUT2D eigenvalue weighted by Gasteiger charge is -2.06. The quantitative estimate of drug-likeness (QED) is 0.830. The summed E-state index contributed by atoms with van der Waals surface area (Å²) in [5.41, 5.74) is 2.78. The van der Waals surface area contributed by atoms with Crippen LogP contribution in [-0.4, -0.2) is 22.2 Å². The highest BCUT2D eigenvalue weighted by Gasteiger charge is 2.18. The first kappa shape index (κ1) is 16.2. The van der Waals surface area contributed by atoms with E-state index in [-0.39, 0.29) is 11.7 Å². The van der Waals surface area contributed by atoms with Gasteiger partial charge in [-0.3, -0.25) is 4.79 Å².